The van der Waals surface area contributed by atoms with Gasteiger partial charge in [-0.3, -0.25) is 4.79 Å². The zero-order valence-electron chi connectivity index (χ0n) is 16.8. The Morgan fingerprint density at radius 3 is 2.72 bits per heavy atom. The summed E-state index contributed by atoms with van der Waals surface area (Å²) in [5, 5.41) is 4.09. The van der Waals surface area contributed by atoms with Crippen molar-refractivity contribution >= 4 is 27.5 Å². The average Bonchev–Trinajstić information content (AvgIpc) is 3.23. The Bertz CT molecular complexity index is 1030. The third-order valence-corrected chi connectivity index (χ3v) is 6.60. The Morgan fingerprint density at radius 1 is 1.31 bits per heavy atom. The van der Waals surface area contributed by atoms with E-state index < -0.39 is 28.3 Å². The minimum absolute atomic E-state index is 0.0469. The number of esters is 1. The molecule has 0 aliphatic carbocycles. The molecule has 158 valence electrons. The van der Waals surface area contributed by atoms with E-state index in [-0.39, 0.29) is 29.1 Å². The number of unbranched alkanes of at least 4 members (excludes halogenated alkanes) is 1. The SMILES string of the molecule is CCCCN(C(=O)COC(=O)c1nc2nc(C)cc(C)n2n1)[C@@H]1CCS(=O)(=O)C1. The predicted octanol–water partition coefficient (Wildman–Crippen LogP) is 0.714. The summed E-state index contributed by atoms with van der Waals surface area (Å²) in [6, 6.07) is 1.43. The minimum Gasteiger partial charge on any atom is -0.450 e. The molecule has 11 heteroatoms. The fourth-order valence-corrected chi connectivity index (χ4v) is 5.12. The van der Waals surface area contributed by atoms with Crippen LogP contribution in [0.2, 0.25) is 0 Å². The van der Waals surface area contributed by atoms with Crippen LogP contribution in [0.5, 0.6) is 0 Å². The topological polar surface area (TPSA) is 124 Å². The number of rotatable bonds is 7. The largest absolute Gasteiger partial charge is 0.450 e. The van der Waals surface area contributed by atoms with Crippen LogP contribution >= 0.6 is 0 Å². The summed E-state index contributed by atoms with van der Waals surface area (Å²) in [5.74, 6) is -1.11. The van der Waals surface area contributed by atoms with Crippen LogP contribution in [-0.2, 0) is 19.4 Å². The number of hydrogen-bond donors (Lipinski definition) is 0. The monoisotopic (exact) mass is 423 g/mol. The molecule has 3 rings (SSSR count). The molecule has 2 aromatic rings. The number of aryl methyl sites for hydroxylation is 2. The highest BCUT2D eigenvalue weighted by Gasteiger charge is 2.34. The van der Waals surface area contributed by atoms with Crippen molar-refractivity contribution in [2.45, 2.75) is 46.1 Å². The molecule has 3 heterocycles. The molecule has 2 aromatic heterocycles. The van der Waals surface area contributed by atoms with E-state index in [1.807, 2.05) is 26.8 Å². The molecule has 10 nitrogen and oxygen atoms in total. The number of fused-ring (bicyclic) bond motifs is 1. The number of nitrogens with zero attached hydrogens (tertiary/aromatic N) is 5. The summed E-state index contributed by atoms with van der Waals surface area (Å²) in [7, 11) is -3.13. The van der Waals surface area contributed by atoms with E-state index in [9.17, 15) is 18.0 Å². The molecule has 0 aromatic carbocycles. The number of carbonyl (C=O) groups excluding carboxylic acids is 2. The van der Waals surface area contributed by atoms with Crippen LogP contribution in [0.25, 0.3) is 5.78 Å². The molecule has 1 atom stereocenters. The lowest BCUT2D eigenvalue weighted by molar-refractivity contribution is -0.136. The van der Waals surface area contributed by atoms with Gasteiger partial charge < -0.3 is 9.64 Å². The maximum Gasteiger partial charge on any atom is 0.378 e. The van der Waals surface area contributed by atoms with Crippen LogP contribution in [-0.4, -0.2) is 75.5 Å². The van der Waals surface area contributed by atoms with Crippen LogP contribution in [0.4, 0.5) is 0 Å². The molecule has 1 fully saturated rings. The van der Waals surface area contributed by atoms with Gasteiger partial charge in [0, 0.05) is 24.0 Å². The summed E-state index contributed by atoms with van der Waals surface area (Å²) < 4.78 is 30.1. The number of hydrogen-bond acceptors (Lipinski definition) is 8. The van der Waals surface area contributed by atoms with E-state index in [1.54, 1.807) is 0 Å². The lowest BCUT2D eigenvalue weighted by Gasteiger charge is -2.28. The van der Waals surface area contributed by atoms with Crippen molar-refractivity contribution in [2.75, 3.05) is 24.7 Å². The van der Waals surface area contributed by atoms with Crippen LogP contribution in [0, 0.1) is 13.8 Å². The predicted molar refractivity (Wildman–Crippen MR) is 104 cm³/mol. The Morgan fingerprint density at radius 2 is 2.07 bits per heavy atom. The molecule has 1 saturated heterocycles. The van der Waals surface area contributed by atoms with E-state index in [4.69, 9.17) is 4.74 Å². The normalized spacial score (nSPS) is 18.1. The Hall–Kier alpha value is -2.56. The van der Waals surface area contributed by atoms with Gasteiger partial charge in [0.2, 0.25) is 0 Å². The number of ether oxygens (including phenoxy) is 1. The molecule has 0 unspecified atom stereocenters. The molecule has 0 radical (unpaired) electrons. The number of amides is 1. The fraction of sp³-hybridized carbons (Fsp3) is 0.611. The van der Waals surface area contributed by atoms with Gasteiger partial charge in [-0.25, -0.2) is 22.7 Å². The molecule has 1 amide bonds. The molecule has 1 aliphatic rings. The molecule has 0 N–H and O–H groups in total. The minimum atomic E-state index is -3.13. The van der Waals surface area contributed by atoms with Gasteiger partial charge in [-0.05, 0) is 32.8 Å². The van der Waals surface area contributed by atoms with Gasteiger partial charge in [-0.1, -0.05) is 13.3 Å². The van der Waals surface area contributed by atoms with Crippen LogP contribution in [0.15, 0.2) is 6.07 Å². The highest BCUT2D eigenvalue weighted by atomic mass is 32.2. The Kier molecular flexibility index (Phi) is 6.15. The van der Waals surface area contributed by atoms with Gasteiger partial charge in [0.05, 0.1) is 11.5 Å². The number of carbonyl (C=O) groups is 2. The zero-order chi connectivity index (χ0) is 21.2. The van der Waals surface area contributed by atoms with Crippen LogP contribution < -0.4 is 0 Å². The highest BCUT2D eigenvalue weighted by molar-refractivity contribution is 7.91. The maximum absolute atomic E-state index is 12.6. The molecular weight excluding hydrogens is 398 g/mol. The molecule has 0 saturated carbocycles. The Labute approximate surface area is 169 Å². The van der Waals surface area contributed by atoms with Crippen molar-refractivity contribution < 1.29 is 22.7 Å². The van der Waals surface area contributed by atoms with Crippen molar-refractivity contribution in [2.24, 2.45) is 0 Å². The second kappa shape index (κ2) is 8.44. The lowest BCUT2D eigenvalue weighted by Crippen LogP contribution is -2.44. The van der Waals surface area contributed by atoms with E-state index >= 15 is 0 Å². The summed E-state index contributed by atoms with van der Waals surface area (Å²) in [4.78, 5) is 34.8. The maximum atomic E-state index is 12.6. The second-order valence-corrected chi connectivity index (χ2v) is 9.49. The van der Waals surface area contributed by atoms with Crippen molar-refractivity contribution in [3.8, 4) is 0 Å². The van der Waals surface area contributed by atoms with Crippen molar-refractivity contribution in [1.29, 1.82) is 0 Å². The molecule has 1 aliphatic heterocycles. The van der Waals surface area contributed by atoms with Gasteiger partial charge in [0.25, 0.3) is 17.5 Å². The molecule has 0 bridgehead atoms. The van der Waals surface area contributed by atoms with Gasteiger partial charge >= 0.3 is 5.97 Å². The van der Waals surface area contributed by atoms with Crippen LogP contribution in [0.1, 0.15) is 48.2 Å². The van der Waals surface area contributed by atoms with Crippen LogP contribution in [0.3, 0.4) is 0 Å². The van der Waals surface area contributed by atoms with Crippen molar-refractivity contribution in [1.82, 2.24) is 24.5 Å². The van der Waals surface area contributed by atoms with Crippen molar-refractivity contribution in [3.05, 3.63) is 23.3 Å². The van der Waals surface area contributed by atoms with Gasteiger partial charge in [-0.2, -0.15) is 4.98 Å². The van der Waals surface area contributed by atoms with Gasteiger partial charge in [0.1, 0.15) is 0 Å². The first-order chi connectivity index (χ1) is 13.7. The number of aromatic nitrogens is 4. The first-order valence-corrected chi connectivity index (χ1v) is 11.4. The third kappa shape index (κ3) is 4.89. The summed E-state index contributed by atoms with van der Waals surface area (Å²) in [6.07, 6.45) is 2.01. The smallest absolute Gasteiger partial charge is 0.378 e. The van der Waals surface area contributed by atoms with E-state index in [1.165, 1.54) is 9.42 Å². The lowest BCUT2D eigenvalue weighted by atomic mass is 10.2. The fourth-order valence-electron chi connectivity index (χ4n) is 3.39. The van der Waals surface area contributed by atoms with E-state index in [2.05, 4.69) is 15.1 Å². The highest BCUT2D eigenvalue weighted by Crippen LogP contribution is 2.19. The second-order valence-electron chi connectivity index (χ2n) is 7.26. The first kappa shape index (κ1) is 21.2. The first-order valence-electron chi connectivity index (χ1n) is 9.58. The zero-order valence-corrected chi connectivity index (χ0v) is 17.6. The molecule has 0 spiro atoms. The number of sulfone groups is 1. The molecule has 29 heavy (non-hydrogen) atoms. The van der Waals surface area contributed by atoms with E-state index in [0.717, 1.165) is 24.2 Å². The Balaban J connectivity index is 1.67. The quantitative estimate of drug-likeness (QED) is 0.597. The van der Waals surface area contributed by atoms with Gasteiger partial charge in [0.15, 0.2) is 16.4 Å². The van der Waals surface area contributed by atoms with Crippen molar-refractivity contribution in [3.63, 3.8) is 0 Å². The average molecular weight is 423 g/mol. The summed E-state index contributed by atoms with van der Waals surface area (Å²) in [5.41, 5.74) is 1.51. The molecular formula is C18H25N5O5S. The summed E-state index contributed by atoms with van der Waals surface area (Å²) in [6.45, 7) is 5.56. The standard InChI is InChI=1S/C18H25N5O5S/c1-4-5-7-22(14-6-8-29(26,27)11-14)15(24)10-28-17(25)16-20-18-19-12(2)9-13(3)23(18)21-16/h9,14H,4-8,10-11H2,1-3H3/t14-/m1/s1. The summed E-state index contributed by atoms with van der Waals surface area (Å²) >= 11 is 0. The van der Waals surface area contributed by atoms with Gasteiger partial charge in [-0.15, -0.1) is 5.10 Å². The van der Waals surface area contributed by atoms with E-state index in [0.29, 0.717) is 13.0 Å². The third-order valence-electron chi connectivity index (χ3n) is 4.85.